The summed E-state index contributed by atoms with van der Waals surface area (Å²) in [6, 6.07) is 13.9. The van der Waals surface area contributed by atoms with E-state index in [1.54, 1.807) is 0 Å². The maximum Gasteiger partial charge on any atom is 0.338 e. The summed E-state index contributed by atoms with van der Waals surface area (Å²) < 4.78 is 28.2. The van der Waals surface area contributed by atoms with Crippen LogP contribution in [0.3, 0.4) is 0 Å². The molecule has 0 aliphatic heterocycles. The van der Waals surface area contributed by atoms with E-state index in [-0.39, 0.29) is 11.5 Å². The molecule has 27 heavy (non-hydrogen) atoms. The summed E-state index contributed by atoms with van der Waals surface area (Å²) in [7, 11) is -3.29. The fourth-order valence-corrected chi connectivity index (χ4v) is 3.89. The lowest BCUT2D eigenvalue weighted by Gasteiger charge is -2.04. The van der Waals surface area contributed by atoms with Gasteiger partial charge in [0.15, 0.2) is 9.84 Å². The molecule has 0 N–H and O–H groups in total. The molecule has 0 amide bonds. The van der Waals surface area contributed by atoms with Crippen LogP contribution in [0.15, 0.2) is 58.8 Å². The minimum absolute atomic E-state index is 0.0657. The molecule has 2 aromatic carbocycles. The molecule has 140 valence electrons. The Morgan fingerprint density at radius 3 is 2.33 bits per heavy atom. The van der Waals surface area contributed by atoms with Crippen LogP contribution in [0.5, 0.6) is 0 Å². The van der Waals surface area contributed by atoms with Crippen LogP contribution in [0, 0.1) is 0 Å². The Kier molecular flexibility index (Phi) is 5.72. The summed E-state index contributed by atoms with van der Waals surface area (Å²) in [6.07, 6.45) is 2.11. The van der Waals surface area contributed by atoms with E-state index in [1.807, 2.05) is 17.5 Å². The van der Waals surface area contributed by atoms with Crippen molar-refractivity contribution in [2.75, 3.05) is 6.26 Å². The molecule has 0 bridgehead atoms. The normalized spacial score (nSPS) is 11.3. The standard InChI is InChI=1S/C20H19NO4S2/c1-3-14-4-6-15(7-5-14)19-21-17(13-26-19)12-25-20(22)16-8-10-18(11-9-16)27(2,23)24/h4-11,13H,3,12H2,1-2H3. The first-order valence-corrected chi connectivity index (χ1v) is 11.1. The second kappa shape index (κ2) is 8.02. The summed E-state index contributed by atoms with van der Waals surface area (Å²) in [5.74, 6) is -0.517. The van der Waals surface area contributed by atoms with Gasteiger partial charge in [0.2, 0.25) is 0 Å². The average Bonchev–Trinajstić information content (AvgIpc) is 3.14. The molecule has 1 heterocycles. The van der Waals surface area contributed by atoms with Gasteiger partial charge in [-0.05, 0) is 36.2 Å². The quantitative estimate of drug-likeness (QED) is 0.581. The third-order valence-electron chi connectivity index (χ3n) is 4.03. The molecular formula is C20H19NO4S2. The summed E-state index contributed by atoms with van der Waals surface area (Å²) in [5.41, 5.74) is 3.28. The van der Waals surface area contributed by atoms with Gasteiger partial charge in [-0.15, -0.1) is 11.3 Å². The van der Waals surface area contributed by atoms with Gasteiger partial charge in [-0.1, -0.05) is 31.2 Å². The van der Waals surface area contributed by atoms with Gasteiger partial charge in [0, 0.05) is 17.2 Å². The highest BCUT2D eigenvalue weighted by molar-refractivity contribution is 7.90. The minimum atomic E-state index is -3.29. The van der Waals surface area contributed by atoms with Crippen LogP contribution in [0.1, 0.15) is 28.5 Å². The molecular weight excluding hydrogens is 382 g/mol. The molecule has 0 fully saturated rings. The Hall–Kier alpha value is -2.51. The number of hydrogen-bond donors (Lipinski definition) is 0. The van der Waals surface area contributed by atoms with Crippen LogP contribution in [-0.2, 0) is 27.6 Å². The molecule has 0 unspecified atom stereocenters. The van der Waals surface area contributed by atoms with Crippen molar-refractivity contribution in [3.63, 3.8) is 0 Å². The van der Waals surface area contributed by atoms with Crippen molar-refractivity contribution in [2.24, 2.45) is 0 Å². The van der Waals surface area contributed by atoms with E-state index in [0.29, 0.717) is 11.3 Å². The smallest absolute Gasteiger partial charge is 0.338 e. The highest BCUT2D eigenvalue weighted by Gasteiger charge is 2.12. The van der Waals surface area contributed by atoms with E-state index in [1.165, 1.54) is 41.2 Å². The second-order valence-electron chi connectivity index (χ2n) is 6.07. The van der Waals surface area contributed by atoms with E-state index in [2.05, 4.69) is 24.0 Å². The van der Waals surface area contributed by atoms with Crippen molar-refractivity contribution in [1.82, 2.24) is 4.98 Å². The van der Waals surface area contributed by atoms with E-state index in [4.69, 9.17) is 4.74 Å². The lowest BCUT2D eigenvalue weighted by atomic mass is 10.1. The molecule has 3 aromatic rings. The lowest BCUT2D eigenvalue weighted by Crippen LogP contribution is -2.06. The maximum absolute atomic E-state index is 12.1. The molecule has 0 atom stereocenters. The number of esters is 1. The van der Waals surface area contributed by atoms with Crippen molar-refractivity contribution >= 4 is 27.1 Å². The van der Waals surface area contributed by atoms with Gasteiger partial charge >= 0.3 is 5.97 Å². The molecule has 0 aliphatic carbocycles. The van der Waals surface area contributed by atoms with Gasteiger partial charge in [-0.2, -0.15) is 0 Å². The lowest BCUT2D eigenvalue weighted by molar-refractivity contribution is 0.0468. The van der Waals surface area contributed by atoms with E-state index in [9.17, 15) is 13.2 Å². The third-order valence-corrected chi connectivity index (χ3v) is 6.10. The molecule has 7 heteroatoms. The van der Waals surface area contributed by atoms with Gasteiger partial charge < -0.3 is 4.74 Å². The first-order chi connectivity index (χ1) is 12.9. The van der Waals surface area contributed by atoms with Crippen LogP contribution in [0.25, 0.3) is 10.6 Å². The molecule has 0 aliphatic rings. The number of aromatic nitrogens is 1. The molecule has 1 aromatic heterocycles. The number of aryl methyl sites for hydroxylation is 1. The van der Waals surface area contributed by atoms with Crippen LogP contribution in [-0.4, -0.2) is 25.6 Å². The van der Waals surface area contributed by atoms with Crippen molar-refractivity contribution in [2.45, 2.75) is 24.8 Å². The molecule has 3 rings (SSSR count). The summed E-state index contributed by atoms with van der Waals surface area (Å²) >= 11 is 1.50. The SMILES string of the molecule is CCc1ccc(-c2nc(COC(=O)c3ccc(S(C)(=O)=O)cc3)cs2)cc1. The number of carbonyl (C=O) groups is 1. The predicted molar refractivity (Wildman–Crippen MR) is 106 cm³/mol. The Balaban J connectivity index is 1.63. The summed E-state index contributed by atoms with van der Waals surface area (Å²) in [5, 5.41) is 2.74. The maximum atomic E-state index is 12.1. The Bertz CT molecular complexity index is 1040. The van der Waals surface area contributed by atoms with Crippen molar-refractivity contribution in [3.8, 4) is 10.6 Å². The number of nitrogens with zero attached hydrogens (tertiary/aromatic N) is 1. The predicted octanol–water partition coefficient (Wildman–Crippen LogP) is 4.13. The highest BCUT2D eigenvalue weighted by atomic mass is 32.2. The molecule has 0 saturated heterocycles. The van der Waals surface area contributed by atoms with Crippen LogP contribution >= 0.6 is 11.3 Å². The Labute approximate surface area is 162 Å². The summed E-state index contributed by atoms with van der Waals surface area (Å²) in [6.45, 7) is 2.18. The Morgan fingerprint density at radius 1 is 1.07 bits per heavy atom. The van der Waals surface area contributed by atoms with Gasteiger partial charge in [0.05, 0.1) is 16.2 Å². The molecule has 0 radical (unpaired) electrons. The zero-order valence-electron chi connectivity index (χ0n) is 15.0. The monoisotopic (exact) mass is 401 g/mol. The number of carbonyl (C=O) groups excluding carboxylic acids is 1. The van der Waals surface area contributed by atoms with Crippen molar-refractivity contribution < 1.29 is 17.9 Å². The number of sulfone groups is 1. The number of benzene rings is 2. The zero-order valence-corrected chi connectivity index (χ0v) is 16.6. The topological polar surface area (TPSA) is 73.3 Å². The fourth-order valence-electron chi connectivity index (χ4n) is 2.45. The van der Waals surface area contributed by atoms with Gasteiger partial charge in [0.1, 0.15) is 11.6 Å². The first-order valence-electron chi connectivity index (χ1n) is 8.38. The summed E-state index contributed by atoms with van der Waals surface area (Å²) in [4.78, 5) is 16.8. The fraction of sp³-hybridized carbons (Fsp3) is 0.200. The van der Waals surface area contributed by atoms with Gasteiger partial charge in [0.25, 0.3) is 0 Å². The first kappa shape index (κ1) is 19.3. The van der Waals surface area contributed by atoms with Gasteiger partial charge in [-0.25, -0.2) is 18.2 Å². The van der Waals surface area contributed by atoms with Gasteiger partial charge in [-0.3, -0.25) is 0 Å². The molecule has 0 spiro atoms. The number of rotatable bonds is 6. The Morgan fingerprint density at radius 2 is 1.74 bits per heavy atom. The van der Waals surface area contributed by atoms with E-state index < -0.39 is 15.8 Å². The minimum Gasteiger partial charge on any atom is -0.456 e. The highest BCUT2D eigenvalue weighted by Crippen LogP contribution is 2.24. The van der Waals surface area contributed by atoms with Crippen molar-refractivity contribution in [1.29, 1.82) is 0 Å². The van der Waals surface area contributed by atoms with Crippen LogP contribution in [0.4, 0.5) is 0 Å². The van der Waals surface area contributed by atoms with E-state index >= 15 is 0 Å². The van der Waals surface area contributed by atoms with Crippen molar-refractivity contribution in [3.05, 3.63) is 70.7 Å². The number of hydrogen-bond acceptors (Lipinski definition) is 6. The van der Waals surface area contributed by atoms with Crippen LogP contribution in [0.2, 0.25) is 0 Å². The number of thiazole rings is 1. The van der Waals surface area contributed by atoms with Crippen LogP contribution < -0.4 is 0 Å². The zero-order chi connectivity index (χ0) is 19.4. The number of ether oxygens (including phenoxy) is 1. The average molecular weight is 402 g/mol. The molecule has 5 nitrogen and oxygen atoms in total. The van der Waals surface area contributed by atoms with E-state index in [0.717, 1.165) is 23.2 Å². The molecule has 0 saturated carbocycles. The third kappa shape index (κ3) is 4.81. The second-order valence-corrected chi connectivity index (χ2v) is 8.94. The largest absolute Gasteiger partial charge is 0.456 e.